The molecule has 0 N–H and O–H groups in total. The molecule has 0 unspecified atom stereocenters. The molecule has 2 rings (SSSR count). The summed E-state index contributed by atoms with van der Waals surface area (Å²) in [6.45, 7) is 1.91. The topological polar surface area (TPSA) is 78.6 Å². The summed E-state index contributed by atoms with van der Waals surface area (Å²) in [6.07, 6.45) is 1.40. The van der Waals surface area contributed by atoms with E-state index in [0.717, 1.165) is 4.88 Å². The van der Waals surface area contributed by atoms with Crippen molar-refractivity contribution in [3.05, 3.63) is 56.3 Å². The van der Waals surface area contributed by atoms with Crippen molar-refractivity contribution < 1.29 is 10.0 Å². The van der Waals surface area contributed by atoms with Gasteiger partial charge < -0.3 is 5.11 Å². The smallest absolute Gasteiger partial charge is 0.270 e. The number of non-ortho nitro benzene ring substituents is 1. The Balaban J connectivity index is 2.23. The van der Waals surface area contributed by atoms with Gasteiger partial charge in [0, 0.05) is 23.2 Å². The minimum atomic E-state index is -0.528. The minimum Gasteiger partial charge on any atom is -0.872 e. The fourth-order valence-corrected chi connectivity index (χ4v) is 2.27. The van der Waals surface area contributed by atoms with Crippen molar-refractivity contribution in [1.29, 1.82) is 0 Å². The van der Waals surface area contributed by atoms with Crippen LogP contribution in [0, 0.1) is 10.1 Å². The molecule has 1 aromatic heterocycles. The number of nitro benzene ring substituents is 1. The maximum absolute atomic E-state index is 11.6. The van der Waals surface area contributed by atoms with Gasteiger partial charge in [0.15, 0.2) is 0 Å². The van der Waals surface area contributed by atoms with Crippen LogP contribution < -0.4 is 5.11 Å². The fourth-order valence-electron chi connectivity index (χ4n) is 1.54. The van der Waals surface area contributed by atoms with E-state index in [0.29, 0.717) is 0 Å². The van der Waals surface area contributed by atoms with Crippen LogP contribution in [0.4, 0.5) is 5.69 Å². The van der Waals surface area contributed by atoms with Gasteiger partial charge in [-0.15, -0.1) is 11.3 Å². The third-order valence-electron chi connectivity index (χ3n) is 2.60. The highest BCUT2D eigenvalue weighted by molar-refractivity contribution is 7.10. The number of thiophene rings is 1. The zero-order chi connectivity index (χ0) is 13.8. The summed E-state index contributed by atoms with van der Waals surface area (Å²) in [5.41, 5.74) is 0.127. The van der Waals surface area contributed by atoms with E-state index in [4.69, 9.17) is 0 Å². The number of nitrogens with zero attached hydrogens (tertiary/aromatic N) is 2. The molecular weight excluding hydrogens is 264 g/mol. The second kappa shape index (κ2) is 5.62. The summed E-state index contributed by atoms with van der Waals surface area (Å²) in [4.78, 5) is 15.5. The normalized spacial score (nSPS) is 12.7. The molecule has 0 aliphatic heterocycles. The van der Waals surface area contributed by atoms with Gasteiger partial charge in [0.05, 0.1) is 11.0 Å². The second-order valence-corrected chi connectivity index (χ2v) is 4.93. The molecule has 2 aromatic rings. The molecule has 5 nitrogen and oxygen atoms in total. The highest BCUT2D eigenvalue weighted by atomic mass is 32.1. The molecule has 6 heteroatoms. The van der Waals surface area contributed by atoms with Crippen LogP contribution in [-0.4, -0.2) is 11.1 Å². The Labute approximate surface area is 114 Å². The van der Waals surface area contributed by atoms with Crippen molar-refractivity contribution in [2.45, 2.75) is 13.0 Å². The van der Waals surface area contributed by atoms with Gasteiger partial charge in [0.1, 0.15) is 0 Å². The quantitative estimate of drug-likeness (QED) is 0.489. The Bertz CT molecular complexity index is 608. The lowest BCUT2D eigenvalue weighted by Gasteiger charge is -2.09. The summed E-state index contributed by atoms with van der Waals surface area (Å²) in [6, 6.07) is 7.44. The maximum atomic E-state index is 11.6. The van der Waals surface area contributed by atoms with Crippen molar-refractivity contribution in [1.82, 2.24) is 0 Å². The minimum absolute atomic E-state index is 0.0707. The number of nitro groups is 1. The van der Waals surface area contributed by atoms with Crippen molar-refractivity contribution in [2.24, 2.45) is 4.99 Å². The highest BCUT2D eigenvalue weighted by Crippen LogP contribution is 2.23. The Morgan fingerprint density at radius 1 is 1.42 bits per heavy atom. The number of hydrogen-bond acceptors (Lipinski definition) is 5. The lowest BCUT2D eigenvalue weighted by Crippen LogP contribution is -1.99. The third-order valence-corrected chi connectivity index (χ3v) is 3.64. The lowest BCUT2D eigenvalue weighted by molar-refractivity contribution is -0.385. The Kier molecular flexibility index (Phi) is 3.91. The average molecular weight is 275 g/mol. The lowest BCUT2D eigenvalue weighted by atomic mass is 10.2. The molecule has 1 heterocycles. The van der Waals surface area contributed by atoms with Gasteiger partial charge in [-0.1, -0.05) is 17.9 Å². The van der Waals surface area contributed by atoms with Gasteiger partial charge in [-0.2, -0.15) is 0 Å². The van der Waals surface area contributed by atoms with Crippen LogP contribution in [-0.2, 0) is 0 Å². The van der Waals surface area contributed by atoms with E-state index < -0.39 is 4.92 Å². The molecule has 0 saturated carbocycles. The van der Waals surface area contributed by atoms with Gasteiger partial charge >= 0.3 is 0 Å². The van der Waals surface area contributed by atoms with Crippen molar-refractivity contribution in [3.8, 4) is 5.75 Å². The molecule has 1 aromatic carbocycles. The fraction of sp³-hybridized carbons (Fsp3) is 0.154. The SMILES string of the molecule is C[C@@H](N=Cc1cc([N+](=O)[O-])ccc1[O-])c1cccs1. The predicted molar refractivity (Wildman–Crippen MR) is 72.9 cm³/mol. The first kappa shape index (κ1) is 13.2. The highest BCUT2D eigenvalue weighted by Gasteiger charge is 2.06. The van der Waals surface area contributed by atoms with Crippen LogP contribution in [0.5, 0.6) is 5.75 Å². The van der Waals surface area contributed by atoms with Crippen LogP contribution in [0.3, 0.4) is 0 Å². The molecular formula is C13H11N2O3S-. The number of hydrogen-bond donors (Lipinski definition) is 0. The Morgan fingerprint density at radius 3 is 2.84 bits per heavy atom. The van der Waals surface area contributed by atoms with Gasteiger partial charge in [0.25, 0.3) is 5.69 Å². The molecule has 0 amide bonds. The van der Waals surface area contributed by atoms with Crippen LogP contribution in [0.1, 0.15) is 23.4 Å². The van der Waals surface area contributed by atoms with Crippen LogP contribution >= 0.6 is 11.3 Å². The molecule has 19 heavy (non-hydrogen) atoms. The molecule has 0 fully saturated rings. The molecule has 0 spiro atoms. The van der Waals surface area contributed by atoms with Gasteiger partial charge in [0.2, 0.25) is 0 Å². The molecule has 0 bridgehead atoms. The number of aliphatic imine (C=N–C) groups is 1. The average Bonchev–Trinajstić information content (AvgIpc) is 2.91. The van der Waals surface area contributed by atoms with Crippen LogP contribution in [0.15, 0.2) is 40.7 Å². The molecule has 0 radical (unpaired) electrons. The molecule has 1 atom stereocenters. The first-order valence-corrected chi connectivity index (χ1v) is 6.48. The molecule has 0 aliphatic rings. The summed E-state index contributed by atoms with van der Waals surface area (Å²) < 4.78 is 0. The van der Waals surface area contributed by atoms with Crippen molar-refractivity contribution in [2.75, 3.05) is 0 Å². The monoisotopic (exact) mass is 275 g/mol. The van der Waals surface area contributed by atoms with Gasteiger partial charge in [-0.25, -0.2) is 0 Å². The first-order chi connectivity index (χ1) is 9.08. The zero-order valence-corrected chi connectivity index (χ0v) is 11.0. The summed E-state index contributed by atoms with van der Waals surface area (Å²) >= 11 is 1.58. The van der Waals surface area contributed by atoms with E-state index in [9.17, 15) is 15.2 Å². The Hall–Kier alpha value is -2.21. The zero-order valence-electron chi connectivity index (χ0n) is 10.1. The summed E-state index contributed by atoms with van der Waals surface area (Å²) in [7, 11) is 0. The van der Waals surface area contributed by atoms with Gasteiger partial charge in [-0.05, 0) is 23.9 Å². The largest absolute Gasteiger partial charge is 0.872 e. The maximum Gasteiger partial charge on any atom is 0.270 e. The van der Waals surface area contributed by atoms with Gasteiger partial charge in [-0.3, -0.25) is 15.1 Å². The Morgan fingerprint density at radius 2 is 2.21 bits per heavy atom. The van der Waals surface area contributed by atoms with E-state index in [1.807, 2.05) is 24.4 Å². The van der Waals surface area contributed by atoms with E-state index in [-0.39, 0.29) is 23.0 Å². The molecule has 0 saturated heterocycles. The number of benzene rings is 1. The van der Waals surface area contributed by atoms with E-state index in [1.165, 1.54) is 24.4 Å². The molecule has 98 valence electrons. The second-order valence-electron chi connectivity index (χ2n) is 3.95. The van der Waals surface area contributed by atoms with E-state index in [1.54, 1.807) is 11.3 Å². The molecule has 0 aliphatic carbocycles. The van der Waals surface area contributed by atoms with Crippen molar-refractivity contribution in [3.63, 3.8) is 0 Å². The van der Waals surface area contributed by atoms with Crippen LogP contribution in [0.2, 0.25) is 0 Å². The van der Waals surface area contributed by atoms with Crippen molar-refractivity contribution >= 4 is 23.2 Å². The third kappa shape index (κ3) is 3.17. The first-order valence-electron chi connectivity index (χ1n) is 5.60. The van der Waals surface area contributed by atoms with E-state index >= 15 is 0 Å². The summed E-state index contributed by atoms with van der Waals surface area (Å²) in [5.74, 6) is -0.271. The van der Waals surface area contributed by atoms with Crippen LogP contribution in [0.25, 0.3) is 0 Å². The summed E-state index contributed by atoms with van der Waals surface area (Å²) in [5, 5.41) is 24.2. The predicted octanol–water partition coefficient (Wildman–Crippen LogP) is 2.91. The van der Waals surface area contributed by atoms with E-state index in [2.05, 4.69) is 4.99 Å². The standard InChI is InChI=1S/C13H12N2O3S/c1-9(13-3-2-6-19-13)14-8-10-7-11(15(17)18)4-5-12(10)16/h2-9,16H,1H3/p-1/t9-/m1/s1. The number of rotatable bonds is 4.